The number of halogens is 2. The first-order valence-electron chi connectivity index (χ1n) is 4.85. The largest absolute Gasteiger partial charge is 0.320 e. The molecule has 2 rings (SSSR count). The second-order valence-electron chi connectivity index (χ2n) is 3.56. The van der Waals surface area contributed by atoms with Crippen LogP contribution in [0.3, 0.4) is 0 Å². The summed E-state index contributed by atoms with van der Waals surface area (Å²) in [5.74, 6) is -0.253. The molecule has 0 fully saturated rings. The normalized spacial score (nSPS) is 12.8. The van der Waals surface area contributed by atoms with E-state index in [9.17, 15) is 4.39 Å². The van der Waals surface area contributed by atoms with Crippen molar-refractivity contribution in [3.63, 3.8) is 0 Å². The summed E-state index contributed by atoms with van der Waals surface area (Å²) in [6.45, 7) is 1.99. The average molecular weight is 300 g/mol. The van der Waals surface area contributed by atoms with Gasteiger partial charge in [0.25, 0.3) is 0 Å². The van der Waals surface area contributed by atoms with Crippen LogP contribution in [0.4, 0.5) is 4.39 Å². The van der Waals surface area contributed by atoms with E-state index in [1.54, 1.807) is 29.5 Å². The van der Waals surface area contributed by atoms with Crippen LogP contribution in [0.25, 0.3) is 0 Å². The second-order valence-corrected chi connectivity index (χ2v) is 6.20. The van der Waals surface area contributed by atoms with Crippen molar-refractivity contribution < 1.29 is 4.39 Å². The Hall–Kier alpha value is -0.710. The lowest BCUT2D eigenvalue weighted by molar-refractivity contribution is 0.599. The van der Waals surface area contributed by atoms with Gasteiger partial charge in [0.2, 0.25) is 0 Å². The molecule has 2 N–H and O–H groups in total. The van der Waals surface area contributed by atoms with E-state index in [2.05, 4.69) is 15.9 Å². The molecule has 0 aliphatic heterocycles. The summed E-state index contributed by atoms with van der Waals surface area (Å²) in [6, 6.07) is 8.19. The van der Waals surface area contributed by atoms with Crippen molar-refractivity contribution in [2.24, 2.45) is 5.73 Å². The van der Waals surface area contributed by atoms with E-state index in [0.29, 0.717) is 5.56 Å². The van der Waals surface area contributed by atoms with E-state index in [4.69, 9.17) is 5.73 Å². The quantitative estimate of drug-likeness (QED) is 0.891. The Morgan fingerprint density at radius 2 is 2.00 bits per heavy atom. The molecule has 1 aromatic carbocycles. The summed E-state index contributed by atoms with van der Waals surface area (Å²) < 4.78 is 14.6. The number of thiophene rings is 1. The third-order valence-corrected chi connectivity index (χ3v) is 4.07. The smallest absolute Gasteiger partial charge is 0.128 e. The fourth-order valence-corrected chi connectivity index (χ4v) is 3.42. The van der Waals surface area contributed by atoms with E-state index < -0.39 is 6.04 Å². The fourth-order valence-electron chi connectivity index (χ4n) is 1.66. The lowest BCUT2D eigenvalue weighted by Gasteiger charge is -2.12. The topological polar surface area (TPSA) is 26.0 Å². The minimum Gasteiger partial charge on any atom is -0.320 e. The molecule has 1 atom stereocenters. The molecule has 0 saturated carbocycles. The number of benzene rings is 1. The van der Waals surface area contributed by atoms with E-state index in [-0.39, 0.29) is 5.82 Å². The van der Waals surface area contributed by atoms with Crippen LogP contribution >= 0.6 is 27.3 Å². The van der Waals surface area contributed by atoms with Crippen molar-refractivity contribution in [3.05, 3.63) is 55.9 Å². The molecule has 84 valence electrons. The van der Waals surface area contributed by atoms with Gasteiger partial charge in [0.15, 0.2) is 0 Å². The molecule has 2 aromatic rings. The molecular formula is C12H11BrFNS. The predicted molar refractivity (Wildman–Crippen MR) is 69.2 cm³/mol. The van der Waals surface area contributed by atoms with Gasteiger partial charge in [-0.2, -0.15) is 0 Å². The van der Waals surface area contributed by atoms with Gasteiger partial charge >= 0.3 is 0 Å². The fraction of sp³-hybridized carbons (Fsp3) is 0.167. The van der Waals surface area contributed by atoms with Gasteiger partial charge < -0.3 is 5.73 Å². The van der Waals surface area contributed by atoms with Crippen molar-refractivity contribution >= 4 is 27.3 Å². The van der Waals surface area contributed by atoms with Gasteiger partial charge in [-0.3, -0.25) is 0 Å². The van der Waals surface area contributed by atoms with Gasteiger partial charge in [-0.15, -0.1) is 11.3 Å². The number of hydrogen-bond donors (Lipinski definition) is 1. The van der Waals surface area contributed by atoms with Crippen LogP contribution in [0.1, 0.15) is 22.0 Å². The summed E-state index contributed by atoms with van der Waals surface area (Å²) in [4.78, 5) is 1.11. The van der Waals surface area contributed by atoms with Crippen molar-refractivity contribution in [2.75, 3.05) is 0 Å². The second kappa shape index (κ2) is 4.65. The minimum absolute atomic E-state index is 0.253. The number of rotatable bonds is 2. The van der Waals surface area contributed by atoms with Crippen LogP contribution in [0, 0.1) is 12.7 Å². The molecule has 16 heavy (non-hydrogen) atoms. The highest BCUT2D eigenvalue weighted by molar-refractivity contribution is 9.11. The third-order valence-electron chi connectivity index (χ3n) is 2.50. The summed E-state index contributed by atoms with van der Waals surface area (Å²) in [5, 5.41) is 0. The average Bonchev–Trinajstić information content (AvgIpc) is 2.58. The third kappa shape index (κ3) is 2.19. The molecule has 0 aliphatic carbocycles. The maximum absolute atomic E-state index is 13.6. The molecule has 0 amide bonds. The molecule has 1 heterocycles. The first-order valence-corrected chi connectivity index (χ1v) is 6.46. The predicted octanol–water partition coefficient (Wildman–Crippen LogP) is 4.01. The van der Waals surface area contributed by atoms with E-state index in [1.165, 1.54) is 6.07 Å². The van der Waals surface area contributed by atoms with Crippen LogP contribution in [-0.4, -0.2) is 0 Å². The Balaban J connectivity index is 2.43. The maximum atomic E-state index is 13.6. The van der Waals surface area contributed by atoms with Crippen LogP contribution in [0.2, 0.25) is 0 Å². The highest BCUT2D eigenvalue weighted by atomic mass is 79.9. The Morgan fingerprint density at radius 3 is 2.56 bits per heavy atom. The zero-order valence-corrected chi connectivity index (χ0v) is 11.1. The molecule has 0 radical (unpaired) electrons. The van der Waals surface area contributed by atoms with Gasteiger partial charge in [-0.1, -0.05) is 18.2 Å². The molecular weight excluding hydrogens is 289 g/mol. The molecule has 4 heteroatoms. The summed E-state index contributed by atoms with van der Waals surface area (Å²) in [5.41, 5.74) is 7.59. The highest BCUT2D eigenvalue weighted by Crippen LogP contribution is 2.33. The SMILES string of the molecule is Cc1sc(Br)cc1C(N)c1ccccc1F. The van der Waals surface area contributed by atoms with E-state index >= 15 is 0 Å². The first kappa shape index (κ1) is 11.8. The van der Waals surface area contributed by atoms with Crippen LogP contribution in [-0.2, 0) is 0 Å². The van der Waals surface area contributed by atoms with E-state index in [0.717, 1.165) is 14.2 Å². The zero-order chi connectivity index (χ0) is 11.7. The highest BCUT2D eigenvalue weighted by Gasteiger charge is 2.16. The van der Waals surface area contributed by atoms with Gasteiger partial charge in [0.05, 0.1) is 9.83 Å². The van der Waals surface area contributed by atoms with Crippen LogP contribution in [0.15, 0.2) is 34.1 Å². The van der Waals surface area contributed by atoms with Crippen molar-refractivity contribution in [3.8, 4) is 0 Å². The summed E-state index contributed by atoms with van der Waals surface area (Å²) >= 11 is 5.02. The van der Waals surface area contributed by atoms with Crippen molar-refractivity contribution in [1.82, 2.24) is 0 Å². The van der Waals surface area contributed by atoms with Gasteiger partial charge in [0.1, 0.15) is 5.82 Å². The first-order chi connectivity index (χ1) is 7.59. The lowest BCUT2D eigenvalue weighted by atomic mass is 10.00. The van der Waals surface area contributed by atoms with Gasteiger partial charge in [-0.05, 0) is 40.5 Å². The number of nitrogens with two attached hydrogens (primary N) is 1. The van der Waals surface area contributed by atoms with Crippen molar-refractivity contribution in [2.45, 2.75) is 13.0 Å². The minimum atomic E-state index is -0.399. The molecule has 0 bridgehead atoms. The van der Waals surface area contributed by atoms with E-state index in [1.807, 2.05) is 13.0 Å². The summed E-state index contributed by atoms with van der Waals surface area (Å²) in [6.07, 6.45) is 0. The molecule has 1 aromatic heterocycles. The molecule has 0 saturated heterocycles. The molecule has 0 aliphatic rings. The Kier molecular flexibility index (Phi) is 3.42. The summed E-state index contributed by atoms with van der Waals surface area (Å²) in [7, 11) is 0. The van der Waals surface area contributed by atoms with Gasteiger partial charge in [0, 0.05) is 10.4 Å². The Labute approximate surface area is 106 Å². The molecule has 1 nitrogen and oxygen atoms in total. The monoisotopic (exact) mass is 299 g/mol. The molecule has 1 unspecified atom stereocenters. The Bertz CT molecular complexity index is 509. The van der Waals surface area contributed by atoms with Crippen LogP contribution in [0.5, 0.6) is 0 Å². The standard InChI is InChI=1S/C12H11BrFNS/c1-7-9(6-11(13)16-7)12(15)8-4-2-3-5-10(8)14/h2-6,12H,15H2,1H3. The van der Waals surface area contributed by atoms with Gasteiger partial charge in [-0.25, -0.2) is 4.39 Å². The Morgan fingerprint density at radius 1 is 1.31 bits per heavy atom. The maximum Gasteiger partial charge on any atom is 0.128 e. The van der Waals surface area contributed by atoms with Crippen LogP contribution < -0.4 is 5.73 Å². The zero-order valence-electron chi connectivity index (χ0n) is 8.71. The van der Waals surface area contributed by atoms with Crippen molar-refractivity contribution in [1.29, 1.82) is 0 Å². The lowest BCUT2D eigenvalue weighted by Crippen LogP contribution is -2.13. The number of aryl methyl sites for hydroxylation is 1. The molecule has 0 spiro atoms. The number of hydrogen-bond acceptors (Lipinski definition) is 2.